The van der Waals surface area contributed by atoms with Crippen LogP contribution in [0.4, 0.5) is 0 Å². The molecule has 4 atom stereocenters. The summed E-state index contributed by atoms with van der Waals surface area (Å²) in [6.45, 7) is 2.23. The Balaban J connectivity index is 1.80. The average Bonchev–Trinajstić information content (AvgIpc) is 2.93. The highest BCUT2D eigenvalue weighted by Crippen LogP contribution is 2.65. The van der Waals surface area contributed by atoms with Crippen LogP contribution in [0.3, 0.4) is 0 Å². The smallest absolute Gasteiger partial charge is 0.334 e. The number of carbonyl (C=O) groups is 2. The molecule has 1 aromatic carbocycles. The minimum atomic E-state index is -0.183. The molecule has 0 N–H and O–H groups in total. The van der Waals surface area contributed by atoms with E-state index in [0.29, 0.717) is 24.7 Å². The number of hydrogen-bond donors (Lipinski definition) is 0. The van der Waals surface area contributed by atoms with Crippen molar-refractivity contribution in [3.05, 3.63) is 41.5 Å². The van der Waals surface area contributed by atoms with Crippen LogP contribution in [-0.2, 0) is 14.3 Å². The SMILES string of the molecule is CCOC(=O)C1=C(c2ccccc2)[C@@H]2[C@H]1[C@H]1CC(=O)[C@@H]2C1. The molecule has 0 aliphatic heterocycles. The first-order valence-corrected chi connectivity index (χ1v) is 7.71. The Morgan fingerprint density at radius 2 is 2.00 bits per heavy atom. The number of allylic oxidation sites excluding steroid dienone is 1. The number of ketones is 1. The monoisotopic (exact) mass is 282 g/mol. The van der Waals surface area contributed by atoms with E-state index in [4.69, 9.17) is 4.74 Å². The zero-order valence-electron chi connectivity index (χ0n) is 12.0. The van der Waals surface area contributed by atoms with Crippen molar-refractivity contribution >= 4 is 17.3 Å². The third-order valence-electron chi connectivity index (χ3n) is 5.30. The van der Waals surface area contributed by atoms with Crippen LogP contribution in [0.1, 0.15) is 25.3 Å². The Labute approximate surface area is 124 Å². The van der Waals surface area contributed by atoms with E-state index >= 15 is 0 Å². The van der Waals surface area contributed by atoms with Crippen LogP contribution in [-0.4, -0.2) is 18.4 Å². The van der Waals surface area contributed by atoms with Gasteiger partial charge in [0.05, 0.1) is 6.61 Å². The van der Waals surface area contributed by atoms with Crippen molar-refractivity contribution in [2.45, 2.75) is 19.8 Å². The van der Waals surface area contributed by atoms with Crippen LogP contribution >= 0.6 is 0 Å². The molecule has 2 saturated carbocycles. The molecule has 108 valence electrons. The van der Waals surface area contributed by atoms with Gasteiger partial charge in [-0.05, 0) is 30.4 Å². The summed E-state index contributed by atoms with van der Waals surface area (Å²) >= 11 is 0. The number of fused-ring (bicyclic) bond motifs is 5. The first kappa shape index (κ1) is 12.8. The van der Waals surface area contributed by atoms with Gasteiger partial charge in [-0.25, -0.2) is 4.79 Å². The largest absolute Gasteiger partial charge is 0.463 e. The normalized spacial score (nSPS) is 32.9. The number of benzene rings is 1. The zero-order valence-corrected chi connectivity index (χ0v) is 12.0. The highest BCUT2D eigenvalue weighted by atomic mass is 16.5. The quantitative estimate of drug-likeness (QED) is 0.801. The van der Waals surface area contributed by atoms with Crippen molar-refractivity contribution < 1.29 is 14.3 Å². The second-order valence-corrected chi connectivity index (χ2v) is 6.24. The number of rotatable bonds is 3. The fourth-order valence-electron chi connectivity index (χ4n) is 4.59. The summed E-state index contributed by atoms with van der Waals surface area (Å²) in [5.74, 6) is 1.20. The standard InChI is InChI=1S/C18H18O3/c1-2-21-18(20)17-14(10-6-4-3-5-7-10)16-12-8-11(15(16)17)9-13(12)19/h3-7,11-12,15-16H,2,8-9H2,1H3/t11-,12+,15-,16-/m1/s1. The topological polar surface area (TPSA) is 43.4 Å². The van der Waals surface area contributed by atoms with E-state index in [-0.39, 0.29) is 23.7 Å². The lowest BCUT2D eigenvalue weighted by atomic mass is 9.59. The second-order valence-electron chi connectivity index (χ2n) is 6.24. The molecular weight excluding hydrogens is 264 g/mol. The number of esters is 1. The molecule has 4 rings (SSSR count). The summed E-state index contributed by atoms with van der Waals surface area (Å²) in [6, 6.07) is 9.99. The summed E-state index contributed by atoms with van der Waals surface area (Å²) < 4.78 is 5.26. The van der Waals surface area contributed by atoms with Crippen molar-refractivity contribution in [1.29, 1.82) is 0 Å². The van der Waals surface area contributed by atoms with Crippen LogP contribution in [0.5, 0.6) is 0 Å². The van der Waals surface area contributed by atoms with Gasteiger partial charge < -0.3 is 4.74 Å². The lowest BCUT2D eigenvalue weighted by Gasteiger charge is -2.43. The Hall–Kier alpha value is -1.90. The molecule has 0 saturated heterocycles. The predicted octanol–water partition coefficient (Wildman–Crippen LogP) is 2.86. The van der Waals surface area contributed by atoms with Gasteiger partial charge in [0.2, 0.25) is 0 Å². The lowest BCUT2D eigenvalue weighted by molar-refractivity contribution is -0.140. The van der Waals surface area contributed by atoms with E-state index in [1.54, 1.807) is 0 Å². The van der Waals surface area contributed by atoms with Gasteiger partial charge in [0.25, 0.3) is 0 Å². The summed E-state index contributed by atoms with van der Waals surface area (Å²) in [5.41, 5.74) is 2.98. The molecule has 0 aromatic heterocycles. The predicted molar refractivity (Wildman–Crippen MR) is 78.2 cm³/mol. The molecule has 3 heteroatoms. The van der Waals surface area contributed by atoms with Crippen LogP contribution in [0, 0.1) is 23.7 Å². The van der Waals surface area contributed by atoms with Gasteiger partial charge in [0.15, 0.2) is 0 Å². The number of Topliss-reactive ketones (excluding diaryl/α,β-unsaturated/α-hetero) is 1. The van der Waals surface area contributed by atoms with Crippen LogP contribution < -0.4 is 0 Å². The van der Waals surface area contributed by atoms with E-state index in [1.807, 2.05) is 37.3 Å². The lowest BCUT2D eigenvalue weighted by Crippen LogP contribution is -2.41. The molecular formula is C18H18O3. The highest BCUT2D eigenvalue weighted by Gasteiger charge is 2.62. The zero-order chi connectivity index (χ0) is 14.6. The Kier molecular flexibility index (Phi) is 2.78. The molecule has 0 spiro atoms. The van der Waals surface area contributed by atoms with E-state index in [2.05, 4.69) is 0 Å². The van der Waals surface area contributed by atoms with Gasteiger partial charge in [-0.15, -0.1) is 0 Å². The van der Waals surface area contributed by atoms with Gasteiger partial charge in [0, 0.05) is 29.7 Å². The molecule has 21 heavy (non-hydrogen) atoms. The van der Waals surface area contributed by atoms with Gasteiger partial charge >= 0.3 is 5.97 Å². The van der Waals surface area contributed by atoms with Gasteiger partial charge in [-0.1, -0.05) is 30.3 Å². The van der Waals surface area contributed by atoms with Gasteiger partial charge in [0.1, 0.15) is 5.78 Å². The van der Waals surface area contributed by atoms with Crippen molar-refractivity contribution in [1.82, 2.24) is 0 Å². The van der Waals surface area contributed by atoms with E-state index in [0.717, 1.165) is 23.1 Å². The number of hydrogen-bond acceptors (Lipinski definition) is 3. The van der Waals surface area contributed by atoms with Crippen molar-refractivity contribution in [3.8, 4) is 0 Å². The molecule has 3 aliphatic carbocycles. The van der Waals surface area contributed by atoms with Crippen LogP contribution in [0.25, 0.3) is 5.57 Å². The summed E-state index contributed by atoms with van der Waals surface area (Å²) in [7, 11) is 0. The number of ether oxygens (including phenoxy) is 1. The molecule has 0 heterocycles. The Morgan fingerprint density at radius 1 is 1.24 bits per heavy atom. The van der Waals surface area contributed by atoms with Gasteiger partial charge in [-0.3, -0.25) is 4.79 Å². The maximum atomic E-state index is 12.3. The molecule has 3 nitrogen and oxygen atoms in total. The summed E-state index contributed by atoms with van der Waals surface area (Å²) in [4.78, 5) is 24.4. The van der Waals surface area contributed by atoms with Crippen LogP contribution in [0.2, 0.25) is 0 Å². The second kappa shape index (κ2) is 4.55. The molecule has 2 bridgehead atoms. The van der Waals surface area contributed by atoms with Crippen LogP contribution in [0.15, 0.2) is 35.9 Å². The fraction of sp³-hybridized carbons (Fsp3) is 0.444. The number of carbonyl (C=O) groups excluding carboxylic acids is 2. The average molecular weight is 282 g/mol. The van der Waals surface area contributed by atoms with E-state index in [1.165, 1.54) is 0 Å². The molecule has 0 radical (unpaired) electrons. The van der Waals surface area contributed by atoms with E-state index < -0.39 is 0 Å². The molecule has 0 unspecified atom stereocenters. The fourth-order valence-corrected chi connectivity index (χ4v) is 4.59. The van der Waals surface area contributed by atoms with Crippen molar-refractivity contribution in [2.75, 3.05) is 6.61 Å². The Morgan fingerprint density at radius 3 is 2.71 bits per heavy atom. The molecule has 1 aromatic rings. The van der Waals surface area contributed by atoms with Crippen molar-refractivity contribution in [2.24, 2.45) is 23.7 Å². The van der Waals surface area contributed by atoms with E-state index in [9.17, 15) is 9.59 Å². The molecule has 0 amide bonds. The third kappa shape index (κ3) is 1.66. The highest BCUT2D eigenvalue weighted by molar-refractivity contribution is 6.05. The maximum absolute atomic E-state index is 12.3. The molecule has 2 fully saturated rings. The first-order chi connectivity index (χ1) is 10.2. The summed E-state index contributed by atoms with van der Waals surface area (Å²) in [6.07, 6.45) is 1.60. The maximum Gasteiger partial charge on any atom is 0.334 e. The molecule has 3 aliphatic rings. The minimum absolute atomic E-state index is 0.133. The first-order valence-electron chi connectivity index (χ1n) is 7.71. The summed E-state index contributed by atoms with van der Waals surface area (Å²) in [5, 5.41) is 0. The van der Waals surface area contributed by atoms with Crippen molar-refractivity contribution in [3.63, 3.8) is 0 Å². The third-order valence-corrected chi connectivity index (χ3v) is 5.30. The van der Waals surface area contributed by atoms with Gasteiger partial charge in [-0.2, -0.15) is 0 Å². The Bertz CT molecular complexity index is 644. The minimum Gasteiger partial charge on any atom is -0.463 e.